The third-order valence-corrected chi connectivity index (χ3v) is 9.54. The summed E-state index contributed by atoms with van der Waals surface area (Å²) in [5, 5.41) is 8.80. The van der Waals surface area contributed by atoms with Crippen molar-refractivity contribution in [2.75, 3.05) is 12.4 Å². The molecule has 1 saturated carbocycles. The second kappa shape index (κ2) is 15.8. The Morgan fingerprint density at radius 2 is 1.42 bits per heavy atom. The van der Waals surface area contributed by atoms with E-state index in [0.717, 1.165) is 54.5 Å². The zero-order chi connectivity index (χ0) is 35.0. The largest absolute Gasteiger partial charge is 0.343 e. The number of carbonyl (C=O) groups excluding carboxylic acids is 3. The summed E-state index contributed by atoms with van der Waals surface area (Å²) in [6.45, 7) is 1.89. The predicted molar refractivity (Wildman–Crippen MR) is 197 cm³/mol. The zero-order valence-corrected chi connectivity index (χ0v) is 28.5. The summed E-state index contributed by atoms with van der Waals surface area (Å²) in [7, 11) is 1.70. The van der Waals surface area contributed by atoms with Crippen LogP contribution in [0.3, 0.4) is 0 Å². The van der Waals surface area contributed by atoms with Crippen molar-refractivity contribution < 1.29 is 14.4 Å². The number of likely N-dealkylation sites (N-methyl/N-ethyl adjacent to an activating group) is 1. The molecule has 0 saturated heterocycles. The average Bonchev–Trinajstić information content (AvgIpc) is 3.47. The molecular formula is C41H43N5O4. The lowest BCUT2D eigenvalue weighted by Gasteiger charge is -2.30. The molecule has 0 aliphatic heterocycles. The molecule has 0 radical (unpaired) electrons. The predicted octanol–water partition coefficient (Wildman–Crippen LogP) is 6.20. The number of anilines is 1. The molecule has 1 aromatic heterocycles. The van der Waals surface area contributed by atoms with Crippen LogP contribution in [-0.2, 0) is 16.1 Å². The molecule has 1 fully saturated rings. The first-order valence-electron chi connectivity index (χ1n) is 17.3. The molecule has 256 valence electrons. The molecule has 9 heteroatoms. The Balaban J connectivity index is 1.37. The average molecular weight is 670 g/mol. The fourth-order valence-electron chi connectivity index (χ4n) is 6.62. The summed E-state index contributed by atoms with van der Waals surface area (Å²) in [5.41, 5.74) is 4.26. The van der Waals surface area contributed by atoms with Crippen molar-refractivity contribution in [3.8, 4) is 16.8 Å². The molecule has 50 heavy (non-hydrogen) atoms. The Labute approximate surface area is 292 Å². The van der Waals surface area contributed by atoms with Gasteiger partial charge in [-0.05, 0) is 67.6 Å². The monoisotopic (exact) mass is 669 g/mol. The van der Waals surface area contributed by atoms with Gasteiger partial charge < -0.3 is 16.0 Å². The molecule has 0 unspecified atom stereocenters. The van der Waals surface area contributed by atoms with Crippen LogP contribution < -0.4 is 21.5 Å². The molecule has 3 N–H and O–H groups in total. The summed E-state index contributed by atoms with van der Waals surface area (Å²) >= 11 is 0. The van der Waals surface area contributed by atoms with Crippen molar-refractivity contribution in [1.82, 2.24) is 20.0 Å². The van der Waals surface area contributed by atoms with Gasteiger partial charge in [0.15, 0.2) is 5.78 Å². The van der Waals surface area contributed by atoms with Gasteiger partial charge in [0.2, 0.25) is 11.8 Å². The normalized spacial score (nSPS) is 14.4. The van der Waals surface area contributed by atoms with Crippen LogP contribution in [-0.4, -0.2) is 46.1 Å². The lowest BCUT2D eigenvalue weighted by Crippen LogP contribution is -2.53. The molecule has 2 atom stereocenters. The van der Waals surface area contributed by atoms with Gasteiger partial charge in [-0.1, -0.05) is 110 Å². The molecule has 1 heterocycles. The van der Waals surface area contributed by atoms with Crippen LogP contribution in [0.2, 0.25) is 0 Å². The van der Waals surface area contributed by atoms with Crippen LogP contribution in [0.25, 0.3) is 16.8 Å². The molecule has 1 aliphatic carbocycles. The summed E-state index contributed by atoms with van der Waals surface area (Å²) < 4.78 is 3.30. The molecule has 0 spiro atoms. The number of hydrogen-bond donors (Lipinski definition) is 3. The van der Waals surface area contributed by atoms with E-state index in [1.807, 2.05) is 84.9 Å². The summed E-state index contributed by atoms with van der Waals surface area (Å²) in [5.74, 6) is -0.824. The third-order valence-electron chi connectivity index (χ3n) is 9.54. The highest BCUT2D eigenvalue weighted by Crippen LogP contribution is 2.28. The molecule has 6 rings (SSSR count). The highest BCUT2D eigenvalue weighted by Gasteiger charge is 2.33. The summed E-state index contributed by atoms with van der Waals surface area (Å²) in [6.07, 6.45) is 6.35. The quantitative estimate of drug-likeness (QED) is 0.137. The van der Waals surface area contributed by atoms with Gasteiger partial charge in [0.1, 0.15) is 11.7 Å². The van der Waals surface area contributed by atoms with Crippen molar-refractivity contribution in [2.24, 2.45) is 5.92 Å². The van der Waals surface area contributed by atoms with Crippen molar-refractivity contribution in [3.05, 3.63) is 142 Å². The van der Waals surface area contributed by atoms with E-state index in [9.17, 15) is 19.2 Å². The van der Waals surface area contributed by atoms with E-state index in [4.69, 9.17) is 0 Å². The van der Waals surface area contributed by atoms with E-state index < -0.39 is 23.6 Å². The first kappa shape index (κ1) is 34.3. The van der Waals surface area contributed by atoms with E-state index in [-0.39, 0.29) is 29.8 Å². The topological polar surface area (TPSA) is 114 Å². The molecular weight excluding hydrogens is 626 g/mol. The Morgan fingerprint density at radius 1 is 0.760 bits per heavy atom. The van der Waals surface area contributed by atoms with Crippen molar-refractivity contribution in [1.29, 1.82) is 0 Å². The second-order valence-electron chi connectivity index (χ2n) is 12.9. The molecule has 2 amide bonds. The Morgan fingerprint density at radius 3 is 2.14 bits per heavy atom. The minimum absolute atomic E-state index is 0.0338. The Bertz CT molecular complexity index is 2010. The molecule has 1 aliphatic rings. The minimum Gasteiger partial charge on any atom is -0.343 e. The minimum atomic E-state index is -0.781. The van der Waals surface area contributed by atoms with Crippen LogP contribution in [0, 0.1) is 5.92 Å². The molecule has 4 aromatic carbocycles. The molecule has 9 nitrogen and oxygen atoms in total. The van der Waals surface area contributed by atoms with E-state index in [1.54, 1.807) is 53.8 Å². The van der Waals surface area contributed by atoms with Gasteiger partial charge in [0.05, 0.1) is 24.5 Å². The summed E-state index contributed by atoms with van der Waals surface area (Å²) in [6, 6.07) is 32.9. The number of rotatable bonds is 12. The van der Waals surface area contributed by atoms with Crippen LogP contribution in [0.1, 0.15) is 60.5 Å². The Hall–Kier alpha value is -5.54. The van der Waals surface area contributed by atoms with Crippen molar-refractivity contribution in [2.45, 2.75) is 57.7 Å². The van der Waals surface area contributed by atoms with Crippen molar-refractivity contribution >= 4 is 23.3 Å². The van der Waals surface area contributed by atoms with E-state index in [0.29, 0.717) is 11.1 Å². The third kappa shape index (κ3) is 7.84. The van der Waals surface area contributed by atoms with Gasteiger partial charge in [0, 0.05) is 11.1 Å². The second-order valence-corrected chi connectivity index (χ2v) is 12.9. The standard InChI is InChI=1S/C41H43N5O4/c1-28(42-2)39(48)44-37(31-17-8-4-9-18-31)40(49)43-36-27-45(35-23-13-21-33(25-35)30-15-6-3-7-16-30)46(41(36)50)26-29-14-12-22-34(24-29)38(47)32-19-10-5-11-20-32/h3,5-7,10-16,19-25,27-28,31,37,42H,4,8-9,17-18,26H2,1-2H3,(H,43,49)(H,44,48)/t28-,37-/m0/s1. The van der Waals surface area contributed by atoms with Crippen molar-refractivity contribution in [3.63, 3.8) is 0 Å². The number of carbonyl (C=O) groups is 3. The van der Waals surface area contributed by atoms with Crippen LogP contribution in [0.5, 0.6) is 0 Å². The van der Waals surface area contributed by atoms with Gasteiger partial charge >= 0.3 is 0 Å². The highest BCUT2D eigenvalue weighted by molar-refractivity contribution is 6.09. The maximum absolute atomic E-state index is 14.2. The fraction of sp³-hybridized carbons (Fsp3) is 0.268. The highest BCUT2D eigenvalue weighted by atomic mass is 16.2. The number of benzene rings is 4. The van der Waals surface area contributed by atoms with Gasteiger partial charge in [-0.15, -0.1) is 0 Å². The fourth-order valence-corrected chi connectivity index (χ4v) is 6.62. The maximum Gasteiger partial charge on any atom is 0.291 e. The molecule has 5 aromatic rings. The van der Waals surface area contributed by atoms with E-state index >= 15 is 0 Å². The maximum atomic E-state index is 14.2. The van der Waals surface area contributed by atoms with Crippen LogP contribution in [0.4, 0.5) is 5.69 Å². The number of hydrogen-bond acceptors (Lipinski definition) is 5. The summed E-state index contributed by atoms with van der Waals surface area (Å²) in [4.78, 5) is 54.5. The Kier molecular flexibility index (Phi) is 10.8. The first-order valence-corrected chi connectivity index (χ1v) is 17.3. The number of nitrogens with zero attached hydrogens (tertiary/aromatic N) is 2. The smallest absolute Gasteiger partial charge is 0.291 e. The molecule has 0 bridgehead atoms. The number of nitrogens with one attached hydrogen (secondary N) is 3. The zero-order valence-electron chi connectivity index (χ0n) is 28.5. The first-order chi connectivity index (χ1) is 24.3. The van der Waals surface area contributed by atoms with Crippen LogP contribution >= 0.6 is 0 Å². The van der Waals surface area contributed by atoms with Gasteiger partial charge in [-0.2, -0.15) is 0 Å². The van der Waals surface area contributed by atoms with E-state index in [1.165, 1.54) is 0 Å². The van der Waals surface area contributed by atoms with E-state index in [2.05, 4.69) is 16.0 Å². The number of amides is 2. The lowest BCUT2D eigenvalue weighted by atomic mass is 9.83. The SMILES string of the molecule is CN[C@@H](C)C(=O)N[C@H](C(=O)Nc1cn(-c2cccc(-c3ccccc3)c2)n(Cc2cccc(C(=O)c3ccccc3)c2)c1=O)C1CCCCC1. The van der Waals surface area contributed by atoms with Crippen LogP contribution in [0.15, 0.2) is 120 Å². The van der Waals surface area contributed by atoms with Gasteiger partial charge in [0.25, 0.3) is 5.56 Å². The lowest BCUT2D eigenvalue weighted by molar-refractivity contribution is -0.128. The van der Waals surface area contributed by atoms with Gasteiger partial charge in [-0.3, -0.25) is 23.9 Å². The van der Waals surface area contributed by atoms with Gasteiger partial charge in [-0.25, -0.2) is 4.68 Å². The number of aromatic nitrogens is 2. The number of ketones is 1.